The van der Waals surface area contributed by atoms with Gasteiger partial charge in [0.25, 0.3) is 0 Å². The Morgan fingerprint density at radius 2 is 1.69 bits per heavy atom. The molecular weight excluding hydrogens is 212 g/mol. The van der Waals surface area contributed by atoms with Crippen molar-refractivity contribution in [3.05, 3.63) is 54.1 Å². The van der Waals surface area contributed by atoms with Crippen LogP contribution in [0, 0.1) is 6.92 Å². The van der Waals surface area contributed by atoms with Crippen LogP contribution in [0.15, 0.2) is 48.5 Å². The molecule has 16 heavy (non-hydrogen) atoms. The van der Waals surface area contributed by atoms with Gasteiger partial charge in [0.15, 0.2) is 0 Å². The molecule has 80 valence electrons. The van der Waals surface area contributed by atoms with E-state index >= 15 is 0 Å². The molecule has 0 N–H and O–H groups in total. The molecule has 0 bridgehead atoms. The molecule has 0 aliphatic rings. The summed E-state index contributed by atoms with van der Waals surface area (Å²) in [6.45, 7) is 2.13. The van der Waals surface area contributed by atoms with Gasteiger partial charge in [-0.05, 0) is 23.7 Å². The zero-order valence-corrected chi connectivity index (χ0v) is 10.5. The summed E-state index contributed by atoms with van der Waals surface area (Å²) in [4.78, 5) is 0. The second-order valence-electron chi connectivity index (χ2n) is 3.64. The molecule has 0 saturated heterocycles. The van der Waals surface area contributed by atoms with Gasteiger partial charge in [0.1, 0.15) is 15.3 Å². The number of rotatable bonds is 3. The number of hydrogen-bond acceptors (Lipinski definition) is 1. The second-order valence-corrected chi connectivity index (χ2v) is 4.97. The van der Waals surface area contributed by atoms with Crippen molar-refractivity contribution in [1.29, 1.82) is 0 Å². The van der Waals surface area contributed by atoms with Gasteiger partial charge < -0.3 is 4.74 Å². The summed E-state index contributed by atoms with van der Waals surface area (Å²) in [5.74, 6) is 0.988. The molecule has 0 saturated carbocycles. The molecule has 0 unspecified atom stereocenters. The Balaban J connectivity index is 2.34. The van der Waals surface area contributed by atoms with Crippen LogP contribution >= 0.6 is 0 Å². The Bertz CT molecular complexity index is 465. The lowest BCUT2D eigenvalue weighted by atomic mass is 10.2. The van der Waals surface area contributed by atoms with Crippen molar-refractivity contribution in [3.8, 4) is 5.75 Å². The average molecular weight is 226 g/mol. The Hall–Kier alpha value is -1.54. The first-order valence-electron chi connectivity index (χ1n) is 5.27. The molecule has 2 aromatic carbocycles. The minimum absolute atomic E-state index is 0.656. The highest BCUT2D eigenvalue weighted by atomic mass is 28.2. The molecule has 0 fully saturated rings. The van der Waals surface area contributed by atoms with Gasteiger partial charge in [0.2, 0.25) is 0 Å². The first-order chi connectivity index (χ1) is 7.81. The quantitative estimate of drug-likeness (QED) is 0.723. The van der Waals surface area contributed by atoms with Gasteiger partial charge in [-0.3, -0.25) is 0 Å². The average Bonchev–Trinajstić information content (AvgIpc) is 2.33. The number of benzene rings is 2. The molecule has 2 aromatic rings. The van der Waals surface area contributed by atoms with Crippen LogP contribution in [0.3, 0.4) is 0 Å². The highest BCUT2D eigenvalue weighted by Gasteiger charge is 2.07. The van der Waals surface area contributed by atoms with Crippen LogP contribution in [0.5, 0.6) is 5.75 Å². The van der Waals surface area contributed by atoms with E-state index in [9.17, 15) is 0 Å². The van der Waals surface area contributed by atoms with Crippen molar-refractivity contribution < 1.29 is 4.74 Å². The van der Waals surface area contributed by atoms with Crippen molar-refractivity contribution in [2.75, 3.05) is 7.11 Å². The van der Waals surface area contributed by atoms with Gasteiger partial charge in [-0.25, -0.2) is 0 Å². The van der Waals surface area contributed by atoms with E-state index in [0.717, 1.165) is 5.75 Å². The first kappa shape index (κ1) is 11.0. The monoisotopic (exact) mass is 226 g/mol. The number of hydrogen-bond donors (Lipinski definition) is 0. The summed E-state index contributed by atoms with van der Waals surface area (Å²) in [7, 11) is 2.39. The maximum Gasteiger partial charge on any atom is 0.126 e. The molecule has 2 rings (SSSR count). The Morgan fingerprint density at radius 3 is 2.38 bits per heavy atom. The van der Waals surface area contributed by atoms with Crippen LogP contribution in [0.1, 0.15) is 5.56 Å². The highest BCUT2D eigenvalue weighted by Crippen LogP contribution is 2.08. The zero-order chi connectivity index (χ0) is 11.4. The van der Waals surface area contributed by atoms with E-state index in [1.54, 1.807) is 7.11 Å². The third kappa shape index (κ3) is 2.34. The van der Waals surface area contributed by atoms with Crippen molar-refractivity contribution >= 4 is 19.9 Å². The van der Waals surface area contributed by atoms with Gasteiger partial charge in [-0.15, -0.1) is 0 Å². The smallest absolute Gasteiger partial charge is 0.126 e. The Labute approximate surface area is 98.9 Å². The van der Waals surface area contributed by atoms with Gasteiger partial charge in [0, 0.05) is 0 Å². The third-order valence-electron chi connectivity index (χ3n) is 2.50. The topological polar surface area (TPSA) is 9.23 Å². The van der Waals surface area contributed by atoms with E-state index in [1.807, 2.05) is 18.2 Å². The van der Waals surface area contributed by atoms with Crippen molar-refractivity contribution in [1.82, 2.24) is 0 Å². The SMILES string of the molecule is COc1cccc(C)c1[Si]c1ccccc1. The van der Waals surface area contributed by atoms with Crippen molar-refractivity contribution in [2.45, 2.75) is 6.92 Å². The minimum atomic E-state index is 0.656. The molecular formula is C14H14OSi. The summed E-state index contributed by atoms with van der Waals surface area (Å²) in [5.41, 5.74) is 1.29. The molecule has 0 amide bonds. The third-order valence-corrected chi connectivity index (χ3v) is 4.01. The fourth-order valence-electron chi connectivity index (χ4n) is 1.64. The van der Waals surface area contributed by atoms with E-state index in [0.29, 0.717) is 9.52 Å². The normalized spacial score (nSPS) is 10.1. The van der Waals surface area contributed by atoms with E-state index < -0.39 is 0 Å². The second kappa shape index (κ2) is 4.99. The maximum absolute atomic E-state index is 5.41. The lowest BCUT2D eigenvalue weighted by Gasteiger charge is -2.10. The number of ether oxygens (including phenoxy) is 1. The molecule has 2 radical (unpaired) electrons. The van der Waals surface area contributed by atoms with Crippen LogP contribution < -0.4 is 15.1 Å². The lowest BCUT2D eigenvalue weighted by molar-refractivity contribution is 0.418. The lowest BCUT2D eigenvalue weighted by Crippen LogP contribution is -2.30. The van der Waals surface area contributed by atoms with Gasteiger partial charge in [-0.1, -0.05) is 47.7 Å². The highest BCUT2D eigenvalue weighted by molar-refractivity contribution is 6.68. The van der Waals surface area contributed by atoms with Gasteiger partial charge in [0.05, 0.1) is 7.11 Å². The number of aryl methyl sites for hydroxylation is 1. The molecule has 0 spiro atoms. The summed E-state index contributed by atoms with van der Waals surface area (Å²) in [6.07, 6.45) is 0. The van der Waals surface area contributed by atoms with Crippen LogP contribution in [-0.4, -0.2) is 16.6 Å². The van der Waals surface area contributed by atoms with E-state index in [2.05, 4.69) is 37.3 Å². The molecule has 2 heteroatoms. The van der Waals surface area contributed by atoms with Crippen LogP contribution in [-0.2, 0) is 0 Å². The summed E-state index contributed by atoms with van der Waals surface area (Å²) >= 11 is 0. The van der Waals surface area contributed by atoms with Crippen molar-refractivity contribution in [2.24, 2.45) is 0 Å². The Morgan fingerprint density at radius 1 is 0.938 bits per heavy atom. The first-order valence-corrected chi connectivity index (χ1v) is 6.27. The molecule has 0 aliphatic heterocycles. The van der Waals surface area contributed by atoms with E-state index in [1.165, 1.54) is 15.9 Å². The molecule has 0 aliphatic carbocycles. The predicted molar refractivity (Wildman–Crippen MR) is 69.2 cm³/mol. The summed E-state index contributed by atoms with van der Waals surface area (Å²) < 4.78 is 5.41. The van der Waals surface area contributed by atoms with Crippen LogP contribution in [0.25, 0.3) is 0 Å². The minimum Gasteiger partial charge on any atom is -0.497 e. The molecule has 1 nitrogen and oxygen atoms in total. The Kier molecular flexibility index (Phi) is 3.42. The fraction of sp³-hybridized carbons (Fsp3) is 0.143. The molecule has 0 heterocycles. The summed E-state index contributed by atoms with van der Waals surface area (Å²) in [6, 6.07) is 16.7. The summed E-state index contributed by atoms with van der Waals surface area (Å²) in [5, 5.41) is 2.64. The van der Waals surface area contributed by atoms with Crippen LogP contribution in [0.2, 0.25) is 0 Å². The predicted octanol–water partition coefficient (Wildman–Crippen LogP) is 1.66. The van der Waals surface area contributed by atoms with E-state index in [4.69, 9.17) is 4.74 Å². The van der Waals surface area contributed by atoms with Gasteiger partial charge in [-0.2, -0.15) is 0 Å². The van der Waals surface area contributed by atoms with Crippen molar-refractivity contribution in [3.63, 3.8) is 0 Å². The fourth-order valence-corrected chi connectivity index (χ4v) is 2.87. The number of methoxy groups -OCH3 is 1. The molecule has 0 aromatic heterocycles. The maximum atomic E-state index is 5.41. The molecule has 0 atom stereocenters. The largest absolute Gasteiger partial charge is 0.497 e. The van der Waals surface area contributed by atoms with Crippen LogP contribution in [0.4, 0.5) is 0 Å². The van der Waals surface area contributed by atoms with Gasteiger partial charge >= 0.3 is 0 Å². The van der Waals surface area contributed by atoms with E-state index in [-0.39, 0.29) is 0 Å². The standard InChI is InChI=1S/C14H14OSi/c1-11-7-6-10-13(15-2)14(11)16-12-8-4-3-5-9-12/h3-10H,1-2H3. The zero-order valence-electron chi connectivity index (χ0n) is 9.53.